The number of anilines is 2. The van der Waals surface area contributed by atoms with E-state index in [1.165, 1.54) is 39.6 Å². The van der Waals surface area contributed by atoms with Crippen LogP contribution in [0.25, 0.3) is 11.8 Å². The van der Waals surface area contributed by atoms with Crippen molar-refractivity contribution in [2.75, 3.05) is 30.9 Å². The third kappa shape index (κ3) is 3.69. The molecule has 3 heteroatoms. The van der Waals surface area contributed by atoms with Crippen LogP contribution in [-0.2, 0) is 6.42 Å². The van der Waals surface area contributed by atoms with Crippen LogP contribution in [0, 0.1) is 13.8 Å². The lowest BCUT2D eigenvalue weighted by atomic mass is 9.95. The summed E-state index contributed by atoms with van der Waals surface area (Å²) in [7, 11) is 6.42. The smallest absolute Gasteiger partial charge is 0.0476 e. The molecule has 0 spiro atoms. The van der Waals surface area contributed by atoms with Crippen molar-refractivity contribution in [1.29, 1.82) is 0 Å². The van der Waals surface area contributed by atoms with Crippen LogP contribution in [0.2, 0.25) is 0 Å². The molecule has 1 atom stereocenters. The van der Waals surface area contributed by atoms with Crippen LogP contribution in [0.3, 0.4) is 0 Å². The largest absolute Gasteiger partial charge is 0.378 e. The van der Waals surface area contributed by atoms with Crippen LogP contribution >= 0.6 is 0 Å². The Kier molecular flexibility index (Phi) is 5.23. The van der Waals surface area contributed by atoms with E-state index >= 15 is 0 Å². The molecule has 0 aliphatic carbocycles. The zero-order chi connectivity index (χ0) is 20.5. The van der Waals surface area contributed by atoms with E-state index in [1.807, 2.05) is 0 Å². The maximum Gasteiger partial charge on any atom is 0.0476 e. The number of para-hydroxylation sites is 1. The number of aryl methyl sites for hydroxylation is 2. The van der Waals surface area contributed by atoms with E-state index in [0.29, 0.717) is 6.04 Å². The van der Waals surface area contributed by atoms with Gasteiger partial charge in [-0.05, 0) is 74.2 Å². The average molecular weight is 386 g/mol. The standard InChI is InChI=1S/C26H31N3/c1-19-17-21(20(2)29(19)24-9-7-6-8-10-24)11-13-23-14-12-22-18-25(27(3)4)15-16-26(22)28(23)5/h6-11,13,15-18,23H,12,14H2,1-5H3. The van der Waals surface area contributed by atoms with Crippen molar-refractivity contribution in [2.45, 2.75) is 32.7 Å². The summed E-state index contributed by atoms with van der Waals surface area (Å²) in [6.45, 7) is 4.39. The van der Waals surface area contributed by atoms with Gasteiger partial charge in [-0.15, -0.1) is 0 Å². The predicted octanol–water partition coefficient (Wildman–Crippen LogP) is 5.62. The minimum Gasteiger partial charge on any atom is -0.378 e. The molecule has 0 N–H and O–H groups in total. The molecule has 1 aliphatic rings. The number of hydrogen-bond donors (Lipinski definition) is 0. The third-order valence-electron chi connectivity index (χ3n) is 6.15. The minimum atomic E-state index is 0.424. The van der Waals surface area contributed by atoms with Gasteiger partial charge in [-0.25, -0.2) is 0 Å². The highest BCUT2D eigenvalue weighted by molar-refractivity contribution is 5.65. The molecule has 1 unspecified atom stereocenters. The number of rotatable bonds is 4. The summed E-state index contributed by atoms with van der Waals surface area (Å²) in [5.41, 5.74) is 9.17. The zero-order valence-electron chi connectivity index (χ0n) is 18.2. The van der Waals surface area contributed by atoms with Crippen LogP contribution in [0.4, 0.5) is 11.4 Å². The summed E-state index contributed by atoms with van der Waals surface area (Å²) in [6, 6.07) is 20.1. The van der Waals surface area contributed by atoms with Gasteiger partial charge in [0.2, 0.25) is 0 Å². The summed E-state index contributed by atoms with van der Waals surface area (Å²) in [4.78, 5) is 4.60. The van der Waals surface area contributed by atoms with Crippen molar-refractivity contribution in [3.05, 3.63) is 83.2 Å². The molecule has 4 rings (SSSR count). The Bertz CT molecular complexity index is 1030. The molecule has 0 fully saturated rings. The maximum absolute atomic E-state index is 2.42. The fourth-order valence-corrected chi connectivity index (χ4v) is 4.44. The molecule has 3 aromatic rings. The van der Waals surface area contributed by atoms with Gasteiger partial charge in [0.15, 0.2) is 0 Å². The van der Waals surface area contributed by atoms with E-state index in [4.69, 9.17) is 0 Å². The second-order valence-electron chi connectivity index (χ2n) is 8.28. The number of nitrogens with zero attached hydrogens (tertiary/aromatic N) is 3. The van der Waals surface area contributed by atoms with Crippen molar-refractivity contribution >= 4 is 17.5 Å². The van der Waals surface area contributed by atoms with E-state index in [9.17, 15) is 0 Å². The predicted molar refractivity (Wildman–Crippen MR) is 126 cm³/mol. The Morgan fingerprint density at radius 3 is 2.48 bits per heavy atom. The third-order valence-corrected chi connectivity index (χ3v) is 6.15. The van der Waals surface area contributed by atoms with Gasteiger partial charge in [0, 0.05) is 55.6 Å². The number of benzene rings is 2. The number of hydrogen-bond acceptors (Lipinski definition) is 2. The molecule has 0 saturated heterocycles. The highest BCUT2D eigenvalue weighted by atomic mass is 15.1. The Labute approximate surface area is 174 Å². The van der Waals surface area contributed by atoms with Crippen molar-refractivity contribution in [3.8, 4) is 5.69 Å². The molecule has 1 aliphatic heterocycles. The first-order valence-electron chi connectivity index (χ1n) is 10.4. The number of likely N-dealkylation sites (N-methyl/N-ethyl adjacent to an activating group) is 1. The number of aromatic nitrogens is 1. The highest BCUT2D eigenvalue weighted by Crippen LogP contribution is 2.33. The fourth-order valence-electron chi connectivity index (χ4n) is 4.44. The SMILES string of the molecule is Cc1cc(C=CC2CCc3cc(N(C)C)ccc3N2C)c(C)n1-c1ccccc1. The summed E-state index contributed by atoms with van der Waals surface area (Å²) >= 11 is 0. The molecule has 0 bridgehead atoms. The fraction of sp³-hybridized carbons (Fsp3) is 0.308. The lowest BCUT2D eigenvalue weighted by Crippen LogP contribution is -2.34. The Hall–Kier alpha value is -2.94. The molecule has 150 valence electrons. The van der Waals surface area contributed by atoms with Gasteiger partial charge < -0.3 is 14.4 Å². The molecule has 29 heavy (non-hydrogen) atoms. The van der Waals surface area contributed by atoms with Crippen LogP contribution in [-0.4, -0.2) is 31.8 Å². The van der Waals surface area contributed by atoms with Crippen LogP contribution in [0.1, 0.15) is 28.9 Å². The van der Waals surface area contributed by atoms with E-state index in [1.54, 1.807) is 0 Å². The van der Waals surface area contributed by atoms with Gasteiger partial charge >= 0.3 is 0 Å². The lowest BCUT2D eigenvalue weighted by Gasteiger charge is -2.35. The molecule has 1 aromatic heterocycles. The molecule has 0 radical (unpaired) electrons. The van der Waals surface area contributed by atoms with Crippen molar-refractivity contribution in [3.63, 3.8) is 0 Å². The Morgan fingerprint density at radius 1 is 1.00 bits per heavy atom. The normalized spacial score (nSPS) is 16.3. The molecular formula is C26H31N3. The van der Waals surface area contributed by atoms with Gasteiger partial charge in [-0.1, -0.05) is 30.4 Å². The zero-order valence-corrected chi connectivity index (χ0v) is 18.2. The summed E-state index contributed by atoms with van der Waals surface area (Å²) in [5.74, 6) is 0. The van der Waals surface area contributed by atoms with E-state index in [0.717, 1.165) is 12.8 Å². The first kappa shape index (κ1) is 19.4. The average Bonchev–Trinajstić information content (AvgIpc) is 3.01. The van der Waals surface area contributed by atoms with Gasteiger partial charge in [0.05, 0.1) is 0 Å². The van der Waals surface area contributed by atoms with E-state index in [2.05, 4.69) is 116 Å². The van der Waals surface area contributed by atoms with Crippen molar-refractivity contribution in [1.82, 2.24) is 4.57 Å². The second kappa shape index (κ2) is 7.82. The number of fused-ring (bicyclic) bond motifs is 1. The maximum atomic E-state index is 2.42. The molecule has 0 saturated carbocycles. The van der Waals surface area contributed by atoms with Crippen molar-refractivity contribution in [2.24, 2.45) is 0 Å². The van der Waals surface area contributed by atoms with Gasteiger partial charge in [0.1, 0.15) is 0 Å². The van der Waals surface area contributed by atoms with Gasteiger partial charge in [-0.3, -0.25) is 0 Å². The van der Waals surface area contributed by atoms with Gasteiger partial charge in [-0.2, -0.15) is 0 Å². The van der Waals surface area contributed by atoms with Crippen LogP contribution in [0.5, 0.6) is 0 Å². The second-order valence-corrected chi connectivity index (χ2v) is 8.28. The lowest BCUT2D eigenvalue weighted by molar-refractivity contribution is 0.646. The topological polar surface area (TPSA) is 11.4 Å². The first-order valence-corrected chi connectivity index (χ1v) is 10.4. The molecule has 0 amide bonds. The summed E-state index contributed by atoms with van der Waals surface area (Å²) < 4.78 is 2.34. The van der Waals surface area contributed by atoms with E-state index in [-0.39, 0.29) is 0 Å². The van der Waals surface area contributed by atoms with Gasteiger partial charge in [0.25, 0.3) is 0 Å². The minimum absolute atomic E-state index is 0.424. The summed E-state index contributed by atoms with van der Waals surface area (Å²) in [5, 5.41) is 0. The molecular weight excluding hydrogens is 354 g/mol. The summed E-state index contributed by atoms with van der Waals surface area (Å²) in [6.07, 6.45) is 6.95. The molecule has 3 nitrogen and oxygen atoms in total. The van der Waals surface area contributed by atoms with Crippen LogP contribution < -0.4 is 9.80 Å². The molecule has 2 aromatic carbocycles. The Morgan fingerprint density at radius 2 is 1.76 bits per heavy atom. The van der Waals surface area contributed by atoms with Crippen LogP contribution in [0.15, 0.2) is 60.7 Å². The highest BCUT2D eigenvalue weighted by Gasteiger charge is 2.22. The van der Waals surface area contributed by atoms with E-state index < -0.39 is 0 Å². The molecule has 2 heterocycles. The van der Waals surface area contributed by atoms with Crippen molar-refractivity contribution < 1.29 is 0 Å². The quantitative estimate of drug-likeness (QED) is 0.577. The monoisotopic (exact) mass is 385 g/mol. The Balaban J connectivity index is 1.58. The first-order chi connectivity index (χ1) is 14.0.